The quantitative estimate of drug-likeness (QED) is 0.0195. The van der Waals surface area contributed by atoms with Crippen LogP contribution in [0.4, 0.5) is 0 Å². The van der Waals surface area contributed by atoms with Gasteiger partial charge in [0.1, 0.15) is 24.4 Å². The third kappa shape index (κ3) is 47.2. The standard InChI is InChI=1S/C72H131NO10/c1-4-7-10-13-16-19-22-25-27-29-31-32-33-35-36-38-41-44-47-50-53-56-59-65(76)71(80)73-63(64(75)58-55-52-49-46-43-40-24-21-18-15-12-9-6-3)62-81-72-70(69(79)68(78)66(61-74)82-72)83-67(77)60-57-54-51-48-45-42-39-37-34-30-28-26-23-20-17-14-11-8-5-2/h17,20,25-28,34,37,55,58,63-66,68-70,72,74-76,78-79H,4-16,18-19,21-24,29-33,35-36,38-54,56-57,59-62H2,1-3H3,(H,73,80)/b20-17-,27-25+,28-26-,37-34-,58-55+. The number of nitrogens with one attached hydrogen (secondary N) is 1. The van der Waals surface area contributed by atoms with Crippen LogP contribution in [0.3, 0.4) is 0 Å². The second-order valence-corrected chi connectivity index (χ2v) is 24.3. The van der Waals surface area contributed by atoms with Crippen molar-refractivity contribution in [3.63, 3.8) is 0 Å². The molecule has 8 unspecified atom stereocenters. The van der Waals surface area contributed by atoms with Crippen LogP contribution < -0.4 is 5.32 Å². The monoisotopic (exact) mass is 1170 g/mol. The van der Waals surface area contributed by atoms with Crippen molar-refractivity contribution in [1.82, 2.24) is 5.32 Å². The molecule has 1 amide bonds. The minimum Gasteiger partial charge on any atom is -0.454 e. The Kier molecular flexibility index (Phi) is 56.4. The van der Waals surface area contributed by atoms with Gasteiger partial charge in [0.15, 0.2) is 12.4 Å². The molecule has 0 aliphatic carbocycles. The van der Waals surface area contributed by atoms with Crippen molar-refractivity contribution in [2.45, 2.75) is 372 Å². The number of aliphatic hydroxyl groups excluding tert-OH is 5. The molecule has 0 radical (unpaired) electrons. The maximum atomic E-state index is 13.5. The Bertz CT molecular complexity index is 1580. The molecule has 0 aromatic heterocycles. The molecule has 1 aliphatic rings. The van der Waals surface area contributed by atoms with E-state index in [-0.39, 0.29) is 13.0 Å². The molecule has 0 saturated carbocycles. The molecule has 1 aliphatic heterocycles. The van der Waals surface area contributed by atoms with E-state index >= 15 is 0 Å². The molecule has 1 rings (SSSR count). The molecule has 0 spiro atoms. The van der Waals surface area contributed by atoms with E-state index in [9.17, 15) is 35.1 Å². The zero-order valence-electron chi connectivity index (χ0n) is 53.8. The normalized spacial score (nSPS) is 18.9. The Morgan fingerprint density at radius 3 is 1.28 bits per heavy atom. The van der Waals surface area contributed by atoms with Gasteiger partial charge in [0.05, 0.1) is 25.4 Å². The van der Waals surface area contributed by atoms with Crippen molar-refractivity contribution in [3.8, 4) is 0 Å². The van der Waals surface area contributed by atoms with Gasteiger partial charge in [-0.05, 0) is 89.9 Å². The molecule has 484 valence electrons. The first-order chi connectivity index (χ1) is 40.7. The Morgan fingerprint density at radius 2 is 0.831 bits per heavy atom. The highest BCUT2D eigenvalue weighted by Gasteiger charge is 2.47. The van der Waals surface area contributed by atoms with Crippen molar-refractivity contribution < 1.29 is 49.3 Å². The van der Waals surface area contributed by atoms with Crippen LogP contribution in [0.2, 0.25) is 0 Å². The van der Waals surface area contributed by atoms with Crippen molar-refractivity contribution in [2.24, 2.45) is 0 Å². The van der Waals surface area contributed by atoms with Crippen LogP contribution in [0.5, 0.6) is 0 Å². The van der Waals surface area contributed by atoms with E-state index in [1.165, 1.54) is 186 Å². The van der Waals surface area contributed by atoms with Crippen LogP contribution in [-0.4, -0.2) is 99.6 Å². The molecule has 0 bridgehead atoms. The fourth-order valence-corrected chi connectivity index (χ4v) is 10.8. The predicted octanol–water partition coefficient (Wildman–Crippen LogP) is 17.7. The van der Waals surface area contributed by atoms with Crippen LogP contribution >= 0.6 is 0 Å². The maximum absolute atomic E-state index is 13.5. The lowest BCUT2D eigenvalue weighted by Crippen LogP contribution is -2.61. The molecule has 0 aromatic carbocycles. The van der Waals surface area contributed by atoms with Gasteiger partial charge in [-0.1, -0.05) is 287 Å². The Hall–Kier alpha value is -2.64. The van der Waals surface area contributed by atoms with Crippen LogP contribution in [0.25, 0.3) is 0 Å². The van der Waals surface area contributed by atoms with Gasteiger partial charge in [0, 0.05) is 6.42 Å². The summed E-state index contributed by atoms with van der Waals surface area (Å²) in [6.45, 7) is 5.79. The number of aliphatic hydroxyl groups is 5. The largest absolute Gasteiger partial charge is 0.454 e. The molecule has 1 heterocycles. The van der Waals surface area contributed by atoms with Crippen LogP contribution in [0.1, 0.15) is 323 Å². The second-order valence-electron chi connectivity index (χ2n) is 24.3. The number of esters is 1. The van der Waals surface area contributed by atoms with Crippen LogP contribution in [0, 0.1) is 0 Å². The highest BCUT2D eigenvalue weighted by atomic mass is 16.7. The average molecular weight is 1170 g/mol. The van der Waals surface area contributed by atoms with E-state index in [0.29, 0.717) is 19.3 Å². The zero-order chi connectivity index (χ0) is 60.3. The van der Waals surface area contributed by atoms with Gasteiger partial charge in [-0.25, -0.2) is 0 Å². The summed E-state index contributed by atoms with van der Waals surface area (Å²) in [5, 5.41) is 57.2. The number of ether oxygens (including phenoxy) is 3. The smallest absolute Gasteiger partial charge is 0.306 e. The van der Waals surface area contributed by atoms with E-state index in [0.717, 1.165) is 89.9 Å². The first kappa shape index (κ1) is 78.4. The summed E-state index contributed by atoms with van der Waals surface area (Å²) in [7, 11) is 0. The van der Waals surface area contributed by atoms with Gasteiger partial charge in [-0.3, -0.25) is 9.59 Å². The summed E-state index contributed by atoms with van der Waals surface area (Å²) in [4.78, 5) is 26.7. The van der Waals surface area contributed by atoms with Gasteiger partial charge in [0.25, 0.3) is 0 Å². The summed E-state index contributed by atoms with van der Waals surface area (Å²) in [5.41, 5.74) is 0. The number of hydrogen-bond donors (Lipinski definition) is 6. The van der Waals surface area contributed by atoms with Crippen LogP contribution in [0.15, 0.2) is 60.8 Å². The van der Waals surface area contributed by atoms with E-state index < -0.39 is 67.4 Å². The average Bonchev–Trinajstić information content (AvgIpc) is 3.58. The first-order valence-corrected chi connectivity index (χ1v) is 35.1. The minimum absolute atomic E-state index is 0.109. The SMILES string of the molecule is CCCCC/C=C\C/C=C\C/C=C\CCCCCCCCC(=O)OC1C(OCC(NC(=O)C(O)CCCCCCCCCCCCCC/C=C/CCCCCCCC)C(O)/C=C/CCCCCCCCCCCCC)OC(CO)C(O)C1O. The molecule has 6 N–H and O–H groups in total. The van der Waals surface area contributed by atoms with E-state index in [1.54, 1.807) is 6.08 Å². The van der Waals surface area contributed by atoms with Crippen molar-refractivity contribution in [1.29, 1.82) is 0 Å². The molecule has 11 nitrogen and oxygen atoms in total. The molecule has 1 saturated heterocycles. The molecule has 1 fully saturated rings. The minimum atomic E-state index is -1.62. The van der Waals surface area contributed by atoms with Crippen molar-refractivity contribution in [3.05, 3.63) is 60.8 Å². The molecular weight excluding hydrogens is 1040 g/mol. The number of hydrogen-bond acceptors (Lipinski definition) is 10. The number of amides is 1. The zero-order valence-corrected chi connectivity index (χ0v) is 53.8. The maximum Gasteiger partial charge on any atom is 0.306 e. The van der Waals surface area contributed by atoms with Gasteiger partial charge in [-0.15, -0.1) is 0 Å². The van der Waals surface area contributed by atoms with Gasteiger partial charge in [-0.2, -0.15) is 0 Å². The second kappa shape index (κ2) is 59.7. The number of rotatable bonds is 60. The highest BCUT2D eigenvalue weighted by molar-refractivity contribution is 5.80. The topological polar surface area (TPSA) is 175 Å². The van der Waals surface area contributed by atoms with Crippen molar-refractivity contribution in [2.75, 3.05) is 13.2 Å². The molecule has 83 heavy (non-hydrogen) atoms. The van der Waals surface area contributed by atoms with E-state index in [1.807, 2.05) is 6.08 Å². The van der Waals surface area contributed by atoms with Gasteiger partial charge >= 0.3 is 5.97 Å². The Morgan fingerprint density at radius 1 is 0.470 bits per heavy atom. The van der Waals surface area contributed by atoms with Gasteiger partial charge in [0.2, 0.25) is 5.91 Å². The number of unbranched alkanes of at least 4 members (excludes halogenated alkanes) is 38. The third-order valence-electron chi connectivity index (χ3n) is 16.4. The van der Waals surface area contributed by atoms with E-state index in [2.05, 4.69) is 74.7 Å². The lowest BCUT2D eigenvalue weighted by atomic mass is 9.99. The lowest BCUT2D eigenvalue weighted by Gasteiger charge is -2.41. The van der Waals surface area contributed by atoms with Gasteiger partial charge < -0.3 is 45.1 Å². The summed E-state index contributed by atoms with van der Waals surface area (Å²) in [5.74, 6) is -1.20. The number of carbonyl (C=O) groups excluding carboxylic acids is 2. The Labute approximate surface area is 509 Å². The fourth-order valence-electron chi connectivity index (χ4n) is 10.8. The molecule has 0 aromatic rings. The van der Waals surface area contributed by atoms with Crippen molar-refractivity contribution >= 4 is 11.9 Å². The lowest BCUT2D eigenvalue weighted by molar-refractivity contribution is -0.305. The molecular formula is C72H131NO10. The summed E-state index contributed by atoms with van der Waals surface area (Å²) in [6, 6.07) is -1.03. The fraction of sp³-hybridized carbons (Fsp3) is 0.833. The highest BCUT2D eigenvalue weighted by Crippen LogP contribution is 2.26. The predicted molar refractivity (Wildman–Crippen MR) is 347 cm³/mol. The van der Waals surface area contributed by atoms with E-state index in [4.69, 9.17) is 14.2 Å². The molecule has 11 heteroatoms. The summed E-state index contributed by atoms with van der Waals surface area (Å²) >= 11 is 0. The Balaban J connectivity index is 2.62. The third-order valence-corrected chi connectivity index (χ3v) is 16.4. The van der Waals surface area contributed by atoms with Crippen LogP contribution in [-0.2, 0) is 23.8 Å². The summed E-state index contributed by atoms with van der Waals surface area (Å²) < 4.78 is 17.7. The first-order valence-electron chi connectivity index (χ1n) is 35.1. The number of carbonyl (C=O) groups is 2. The number of allylic oxidation sites excluding steroid dienone is 9. The summed E-state index contributed by atoms with van der Waals surface area (Å²) in [6.07, 6.45) is 65.4. The molecule has 8 atom stereocenters.